The number of rotatable bonds is 5. The van der Waals surface area contributed by atoms with Crippen LogP contribution in [0.3, 0.4) is 0 Å². The fourth-order valence-corrected chi connectivity index (χ4v) is 3.82. The van der Waals surface area contributed by atoms with Crippen molar-refractivity contribution in [1.29, 1.82) is 0 Å². The van der Waals surface area contributed by atoms with Gasteiger partial charge in [0.05, 0.1) is 0 Å². The predicted octanol–water partition coefficient (Wildman–Crippen LogP) is 4.85. The Bertz CT molecular complexity index is 1260. The van der Waals surface area contributed by atoms with Gasteiger partial charge in [-0.1, -0.05) is 59.6 Å². The summed E-state index contributed by atoms with van der Waals surface area (Å²) in [5, 5.41) is 3.64. The average molecular weight is 427 g/mol. The minimum atomic E-state index is -0.418. The van der Waals surface area contributed by atoms with Crippen molar-refractivity contribution in [2.45, 2.75) is 25.4 Å². The van der Waals surface area contributed by atoms with Crippen molar-refractivity contribution in [2.24, 2.45) is 0 Å². The normalized spacial score (nSPS) is 13.7. The van der Waals surface area contributed by atoms with Gasteiger partial charge in [-0.25, -0.2) is 4.98 Å². The van der Waals surface area contributed by atoms with Crippen LogP contribution in [0.1, 0.15) is 30.0 Å². The van der Waals surface area contributed by atoms with E-state index in [1.54, 1.807) is 0 Å². The van der Waals surface area contributed by atoms with Crippen molar-refractivity contribution in [3.8, 4) is 17.1 Å². The van der Waals surface area contributed by atoms with Crippen LogP contribution in [-0.4, -0.2) is 19.6 Å². The summed E-state index contributed by atoms with van der Waals surface area (Å²) in [5.74, 6) is 1.90. The van der Waals surface area contributed by atoms with Crippen molar-refractivity contribution in [2.75, 3.05) is 0 Å². The quantitative estimate of drug-likeness (QED) is 0.495. The fraction of sp³-hybridized carbons (Fsp3) is 0.190. The number of fused-ring (bicyclic) bond motifs is 1. The molecular formula is C21H16Cl2N4O2. The SMILES string of the molecule is O=c1c(Cl)c(COc2cccc(Cl)c2C2CC2)nc2nc(-c3ccccc3)[nH]n12. The maximum atomic E-state index is 12.7. The molecule has 0 radical (unpaired) electrons. The Morgan fingerprint density at radius 2 is 1.86 bits per heavy atom. The zero-order valence-corrected chi connectivity index (χ0v) is 16.7. The van der Waals surface area contributed by atoms with Crippen molar-refractivity contribution in [3.63, 3.8) is 0 Å². The third-order valence-corrected chi connectivity index (χ3v) is 5.63. The summed E-state index contributed by atoms with van der Waals surface area (Å²) in [6.45, 7) is 0.0537. The second-order valence-electron chi connectivity index (χ2n) is 6.97. The summed E-state index contributed by atoms with van der Waals surface area (Å²) < 4.78 is 7.20. The van der Waals surface area contributed by atoms with Crippen LogP contribution < -0.4 is 10.3 Å². The number of ether oxygens (including phenoxy) is 1. The summed E-state index contributed by atoms with van der Waals surface area (Å²) in [6, 6.07) is 15.1. The van der Waals surface area contributed by atoms with Gasteiger partial charge in [-0.3, -0.25) is 9.89 Å². The lowest BCUT2D eigenvalue weighted by Crippen LogP contribution is -2.19. The molecule has 0 bridgehead atoms. The third kappa shape index (κ3) is 3.39. The van der Waals surface area contributed by atoms with E-state index < -0.39 is 5.56 Å². The van der Waals surface area contributed by atoms with E-state index in [1.807, 2.05) is 48.5 Å². The lowest BCUT2D eigenvalue weighted by molar-refractivity contribution is 0.298. The molecule has 1 aliphatic rings. The van der Waals surface area contributed by atoms with Crippen LogP contribution in [0.15, 0.2) is 53.3 Å². The van der Waals surface area contributed by atoms with Gasteiger partial charge in [0.1, 0.15) is 23.1 Å². The largest absolute Gasteiger partial charge is 0.487 e. The zero-order valence-electron chi connectivity index (χ0n) is 15.2. The standard InChI is InChI=1S/C21H16Cl2N4O2/c22-14-7-4-8-16(17(14)12-9-10-12)29-11-15-18(23)20(28)27-21(24-15)25-19(26-27)13-5-2-1-3-6-13/h1-8,12H,9-11H2,(H,24,25,26). The van der Waals surface area contributed by atoms with E-state index in [2.05, 4.69) is 15.1 Å². The maximum Gasteiger partial charge on any atom is 0.293 e. The molecule has 0 atom stereocenters. The van der Waals surface area contributed by atoms with E-state index in [9.17, 15) is 4.79 Å². The Balaban J connectivity index is 1.49. The van der Waals surface area contributed by atoms with Gasteiger partial charge >= 0.3 is 0 Å². The molecule has 0 unspecified atom stereocenters. The number of H-pyrrole nitrogens is 1. The van der Waals surface area contributed by atoms with Gasteiger partial charge in [0.15, 0.2) is 5.82 Å². The molecule has 2 heterocycles. The van der Waals surface area contributed by atoms with Crippen LogP contribution in [0.25, 0.3) is 17.2 Å². The second-order valence-corrected chi connectivity index (χ2v) is 7.75. The Labute approximate surface area is 176 Å². The first-order chi connectivity index (χ1) is 14.1. The molecule has 0 saturated heterocycles. The van der Waals surface area contributed by atoms with Crippen LogP contribution in [0.5, 0.6) is 5.75 Å². The molecule has 2 aromatic heterocycles. The maximum absolute atomic E-state index is 12.7. The first-order valence-corrected chi connectivity index (χ1v) is 10.0. The first-order valence-electron chi connectivity index (χ1n) is 9.25. The molecule has 29 heavy (non-hydrogen) atoms. The van der Waals surface area contributed by atoms with Gasteiger partial charge in [0, 0.05) is 16.1 Å². The number of nitrogens with one attached hydrogen (secondary N) is 1. The molecule has 1 aliphatic carbocycles. The monoisotopic (exact) mass is 426 g/mol. The summed E-state index contributed by atoms with van der Waals surface area (Å²) in [5.41, 5.74) is 1.77. The number of halogens is 2. The number of hydrogen-bond acceptors (Lipinski definition) is 4. The fourth-order valence-electron chi connectivity index (χ4n) is 3.32. The van der Waals surface area contributed by atoms with Crippen molar-refractivity contribution < 1.29 is 4.74 Å². The Morgan fingerprint density at radius 1 is 1.07 bits per heavy atom. The molecule has 2 aromatic carbocycles. The molecule has 8 heteroatoms. The average Bonchev–Trinajstić information content (AvgIpc) is 3.48. The Morgan fingerprint density at radius 3 is 2.62 bits per heavy atom. The number of hydrogen-bond donors (Lipinski definition) is 1. The van der Waals surface area contributed by atoms with E-state index in [0.29, 0.717) is 28.2 Å². The van der Waals surface area contributed by atoms with E-state index in [-0.39, 0.29) is 17.4 Å². The Hall–Kier alpha value is -2.83. The van der Waals surface area contributed by atoms with Crippen LogP contribution in [0.2, 0.25) is 10.0 Å². The molecule has 1 N–H and O–H groups in total. The smallest absolute Gasteiger partial charge is 0.293 e. The van der Waals surface area contributed by atoms with Gasteiger partial charge in [-0.15, -0.1) is 0 Å². The minimum Gasteiger partial charge on any atom is -0.487 e. The van der Waals surface area contributed by atoms with E-state index >= 15 is 0 Å². The Kier molecular flexibility index (Phi) is 4.53. The molecule has 0 spiro atoms. The van der Waals surface area contributed by atoms with Crippen LogP contribution in [0.4, 0.5) is 0 Å². The highest BCUT2D eigenvalue weighted by molar-refractivity contribution is 6.31. The zero-order chi connectivity index (χ0) is 20.0. The lowest BCUT2D eigenvalue weighted by atomic mass is 10.1. The van der Waals surface area contributed by atoms with Crippen LogP contribution in [-0.2, 0) is 6.61 Å². The highest BCUT2D eigenvalue weighted by atomic mass is 35.5. The summed E-state index contributed by atoms with van der Waals surface area (Å²) in [4.78, 5) is 21.6. The van der Waals surface area contributed by atoms with Crippen molar-refractivity contribution >= 4 is 29.0 Å². The van der Waals surface area contributed by atoms with Crippen molar-refractivity contribution in [3.05, 3.63) is 80.2 Å². The number of benzene rings is 2. The van der Waals surface area contributed by atoms with Gasteiger partial charge in [0.25, 0.3) is 11.3 Å². The third-order valence-electron chi connectivity index (χ3n) is 4.92. The van der Waals surface area contributed by atoms with E-state index in [0.717, 1.165) is 24.0 Å². The van der Waals surface area contributed by atoms with Crippen LogP contribution in [0, 0.1) is 0 Å². The lowest BCUT2D eigenvalue weighted by Gasteiger charge is -2.12. The van der Waals surface area contributed by atoms with Gasteiger partial charge in [0.2, 0.25) is 0 Å². The minimum absolute atomic E-state index is 0.000705. The molecule has 0 amide bonds. The summed E-state index contributed by atoms with van der Waals surface area (Å²) >= 11 is 12.6. The van der Waals surface area contributed by atoms with E-state index in [1.165, 1.54) is 4.52 Å². The van der Waals surface area contributed by atoms with Crippen LogP contribution >= 0.6 is 23.2 Å². The topological polar surface area (TPSA) is 72.3 Å². The molecule has 146 valence electrons. The molecule has 6 nitrogen and oxygen atoms in total. The predicted molar refractivity (Wildman–Crippen MR) is 112 cm³/mol. The number of nitrogens with zero attached hydrogens (tertiary/aromatic N) is 3. The van der Waals surface area contributed by atoms with Gasteiger partial charge < -0.3 is 4.74 Å². The molecule has 0 aliphatic heterocycles. The number of aromatic nitrogens is 4. The van der Waals surface area contributed by atoms with Gasteiger partial charge in [-0.2, -0.15) is 9.50 Å². The molecule has 1 fully saturated rings. The molecule has 4 aromatic rings. The molecule has 5 rings (SSSR count). The molecular weight excluding hydrogens is 411 g/mol. The summed E-state index contributed by atoms with van der Waals surface area (Å²) in [7, 11) is 0. The highest BCUT2D eigenvalue weighted by Crippen LogP contribution is 2.47. The van der Waals surface area contributed by atoms with E-state index in [4.69, 9.17) is 27.9 Å². The second kappa shape index (κ2) is 7.21. The highest BCUT2D eigenvalue weighted by Gasteiger charge is 2.29. The van der Waals surface area contributed by atoms with Crippen molar-refractivity contribution in [1.82, 2.24) is 19.6 Å². The molecule has 1 saturated carbocycles. The summed E-state index contributed by atoms with van der Waals surface area (Å²) in [6.07, 6.45) is 2.20. The first kappa shape index (κ1) is 18.2. The number of aromatic amines is 1. The van der Waals surface area contributed by atoms with Gasteiger partial charge in [-0.05, 0) is 30.9 Å².